The van der Waals surface area contributed by atoms with Crippen LogP contribution in [0.2, 0.25) is 0 Å². The normalized spacial score (nSPS) is 27.8. The number of nitrogens with zero attached hydrogens (tertiary/aromatic N) is 4. The molecule has 29 heavy (non-hydrogen) atoms. The molecule has 9 nitrogen and oxygen atoms in total. The van der Waals surface area contributed by atoms with E-state index in [1.54, 1.807) is 0 Å². The Morgan fingerprint density at radius 1 is 1.45 bits per heavy atom. The SMILES string of the molecule is C#C[C@]1(CO)O[C@@H](n2cnc3c(N)nc(F)nc32)C[C@@H]1OC(=O)C1CCCCC1. The molecule has 3 heterocycles. The van der Waals surface area contributed by atoms with E-state index < -0.39 is 30.6 Å². The number of hydrogen-bond acceptors (Lipinski definition) is 8. The highest BCUT2D eigenvalue weighted by Crippen LogP contribution is 2.40. The molecule has 0 bridgehead atoms. The van der Waals surface area contributed by atoms with Crippen LogP contribution in [0.15, 0.2) is 6.33 Å². The lowest BCUT2D eigenvalue weighted by atomic mass is 9.89. The van der Waals surface area contributed by atoms with E-state index in [1.165, 1.54) is 10.9 Å². The van der Waals surface area contributed by atoms with Gasteiger partial charge in [0.1, 0.15) is 12.3 Å². The summed E-state index contributed by atoms with van der Waals surface area (Å²) in [4.78, 5) is 23.9. The summed E-state index contributed by atoms with van der Waals surface area (Å²) in [6, 6.07) is 0. The van der Waals surface area contributed by atoms with Crippen molar-refractivity contribution in [3.05, 3.63) is 12.4 Å². The number of carbonyl (C=O) groups excluding carboxylic acids is 1. The van der Waals surface area contributed by atoms with Gasteiger partial charge in [-0.15, -0.1) is 6.42 Å². The zero-order valence-electron chi connectivity index (χ0n) is 15.8. The van der Waals surface area contributed by atoms with Crippen LogP contribution in [-0.2, 0) is 14.3 Å². The Hall–Kier alpha value is -2.77. The fourth-order valence-electron chi connectivity index (χ4n) is 4.06. The minimum Gasteiger partial charge on any atom is -0.458 e. The maximum atomic E-state index is 13.7. The summed E-state index contributed by atoms with van der Waals surface area (Å²) in [7, 11) is 0. The highest BCUT2D eigenvalue weighted by Gasteiger charge is 2.51. The number of imidazole rings is 1. The lowest BCUT2D eigenvalue weighted by Crippen LogP contribution is -2.45. The number of rotatable bonds is 4. The predicted octanol–water partition coefficient (Wildman–Crippen LogP) is 1.32. The fourth-order valence-corrected chi connectivity index (χ4v) is 4.06. The smallest absolute Gasteiger partial charge is 0.312 e. The molecule has 1 aliphatic carbocycles. The second-order valence-electron chi connectivity index (χ2n) is 7.46. The molecule has 0 unspecified atom stereocenters. The third kappa shape index (κ3) is 3.41. The number of ether oxygens (including phenoxy) is 2. The van der Waals surface area contributed by atoms with Gasteiger partial charge >= 0.3 is 12.0 Å². The van der Waals surface area contributed by atoms with E-state index in [2.05, 4.69) is 20.9 Å². The van der Waals surface area contributed by atoms with E-state index in [4.69, 9.17) is 21.6 Å². The van der Waals surface area contributed by atoms with Crippen LogP contribution in [-0.4, -0.2) is 48.9 Å². The summed E-state index contributed by atoms with van der Waals surface area (Å²) in [6.07, 6.45) is 9.17. The van der Waals surface area contributed by atoms with E-state index in [1.807, 2.05) is 0 Å². The van der Waals surface area contributed by atoms with Crippen molar-refractivity contribution in [2.24, 2.45) is 5.92 Å². The number of aliphatic hydroxyl groups is 1. The summed E-state index contributed by atoms with van der Waals surface area (Å²) >= 11 is 0. The number of nitrogens with two attached hydrogens (primary N) is 1. The van der Waals surface area contributed by atoms with Gasteiger partial charge in [-0.1, -0.05) is 25.2 Å². The zero-order chi connectivity index (χ0) is 20.6. The lowest BCUT2D eigenvalue weighted by molar-refractivity contribution is -0.164. The number of esters is 1. The lowest BCUT2D eigenvalue weighted by Gasteiger charge is -2.29. The van der Waals surface area contributed by atoms with Gasteiger partial charge in [-0.3, -0.25) is 9.36 Å². The summed E-state index contributed by atoms with van der Waals surface area (Å²) in [6.45, 7) is -0.541. The number of halogens is 1. The van der Waals surface area contributed by atoms with E-state index >= 15 is 0 Å². The predicted molar refractivity (Wildman–Crippen MR) is 99.5 cm³/mol. The molecule has 2 fully saturated rings. The highest BCUT2D eigenvalue weighted by molar-refractivity contribution is 5.81. The van der Waals surface area contributed by atoms with Gasteiger partial charge in [-0.25, -0.2) is 4.98 Å². The maximum Gasteiger partial charge on any atom is 0.312 e. The Bertz CT molecular complexity index is 967. The summed E-state index contributed by atoms with van der Waals surface area (Å²) in [5, 5.41) is 9.94. The van der Waals surface area contributed by atoms with E-state index in [0.717, 1.165) is 32.1 Å². The molecule has 0 aromatic carbocycles. The number of anilines is 1. The van der Waals surface area contributed by atoms with Crippen LogP contribution in [0.5, 0.6) is 0 Å². The molecule has 2 aliphatic rings. The second-order valence-corrected chi connectivity index (χ2v) is 7.46. The topological polar surface area (TPSA) is 125 Å². The molecule has 1 aliphatic heterocycles. The van der Waals surface area contributed by atoms with Crippen molar-refractivity contribution < 1.29 is 23.8 Å². The number of fused-ring (bicyclic) bond motifs is 1. The number of terminal acetylenes is 1. The largest absolute Gasteiger partial charge is 0.458 e. The van der Waals surface area contributed by atoms with E-state index in [9.17, 15) is 14.3 Å². The Morgan fingerprint density at radius 3 is 2.90 bits per heavy atom. The first-order valence-corrected chi connectivity index (χ1v) is 9.60. The first kappa shape index (κ1) is 19.5. The van der Waals surface area contributed by atoms with Crippen molar-refractivity contribution in [1.29, 1.82) is 0 Å². The van der Waals surface area contributed by atoms with Gasteiger partial charge in [0, 0.05) is 6.42 Å². The number of hydrogen-bond donors (Lipinski definition) is 2. The van der Waals surface area contributed by atoms with Crippen LogP contribution in [0.3, 0.4) is 0 Å². The Kier molecular flexibility index (Phi) is 5.10. The molecular formula is C19H22FN5O4. The molecule has 0 spiro atoms. The second kappa shape index (κ2) is 7.57. The Labute approximate surface area is 166 Å². The van der Waals surface area contributed by atoms with Crippen molar-refractivity contribution >= 4 is 23.0 Å². The van der Waals surface area contributed by atoms with Crippen LogP contribution < -0.4 is 5.73 Å². The van der Waals surface area contributed by atoms with Crippen LogP contribution in [0.4, 0.5) is 10.2 Å². The van der Waals surface area contributed by atoms with Crippen molar-refractivity contribution in [3.8, 4) is 12.3 Å². The molecule has 2 aromatic rings. The van der Waals surface area contributed by atoms with Gasteiger partial charge in [0.25, 0.3) is 0 Å². The summed E-state index contributed by atoms with van der Waals surface area (Å²) < 4.78 is 26.7. The van der Waals surface area contributed by atoms with Gasteiger partial charge in [0.15, 0.2) is 22.6 Å². The van der Waals surface area contributed by atoms with Gasteiger partial charge in [-0.05, 0) is 12.8 Å². The van der Waals surface area contributed by atoms with Gasteiger partial charge in [-0.2, -0.15) is 14.4 Å². The summed E-state index contributed by atoms with van der Waals surface area (Å²) in [5.74, 6) is 1.82. The van der Waals surface area contributed by atoms with Crippen molar-refractivity contribution in [2.75, 3.05) is 12.3 Å². The number of aromatic nitrogens is 4. The highest BCUT2D eigenvalue weighted by atomic mass is 19.1. The molecule has 0 amide bonds. The van der Waals surface area contributed by atoms with Crippen molar-refractivity contribution in [3.63, 3.8) is 0 Å². The molecule has 1 saturated carbocycles. The zero-order valence-corrected chi connectivity index (χ0v) is 15.8. The van der Waals surface area contributed by atoms with Gasteiger partial charge in [0.2, 0.25) is 0 Å². The van der Waals surface area contributed by atoms with Crippen LogP contribution in [0.25, 0.3) is 11.2 Å². The standard InChI is InChI=1S/C19H22FN5O4/c1-2-19(9-26)12(28-17(27)11-6-4-3-5-7-11)8-13(29-19)25-10-22-14-15(21)23-18(20)24-16(14)25/h1,10-13,26H,3-9H2,(H2,21,23,24)/t12-,13+,19+/m0/s1. The molecule has 4 rings (SSSR count). The van der Waals surface area contributed by atoms with E-state index in [0.29, 0.717) is 0 Å². The minimum atomic E-state index is -1.51. The van der Waals surface area contributed by atoms with Crippen LogP contribution in [0, 0.1) is 24.3 Å². The monoisotopic (exact) mass is 403 g/mol. The third-order valence-electron chi connectivity index (χ3n) is 5.69. The fraction of sp³-hybridized carbons (Fsp3) is 0.579. The molecule has 3 N–H and O–H groups in total. The molecule has 0 radical (unpaired) electrons. The number of aliphatic hydroxyl groups excluding tert-OH is 1. The first-order valence-electron chi connectivity index (χ1n) is 9.60. The molecule has 2 aromatic heterocycles. The molecule has 10 heteroatoms. The molecular weight excluding hydrogens is 381 g/mol. The average molecular weight is 403 g/mol. The number of carbonyl (C=O) groups is 1. The van der Waals surface area contributed by atoms with Gasteiger partial charge < -0.3 is 20.3 Å². The molecule has 154 valence electrons. The Balaban J connectivity index is 1.61. The minimum absolute atomic E-state index is 0.102. The van der Waals surface area contributed by atoms with Crippen molar-refractivity contribution in [2.45, 2.75) is 56.5 Å². The van der Waals surface area contributed by atoms with E-state index in [-0.39, 0.29) is 35.3 Å². The first-order chi connectivity index (χ1) is 14.0. The van der Waals surface area contributed by atoms with Crippen LogP contribution in [0.1, 0.15) is 44.8 Å². The third-order valence-corrected chi connectivity index (χ3v) is 5.69. The summed E-state index contributed by atoms with van der Waals surface area (Å²) in [5.41, 5.74) is 4.53. The maximum absolute atomic E-state index is 13.7. The van der Waals surface area contributed by atoms with Gasteiger partial charge in [0.05, 0.1) is 18.9 Å². The number of nitrogen functional groups attached to an aromatic ring is 1. The average Bonchev–Trinajstić information content (AvgIpc) is 3.30. The van der Waals surface area contributed by atoms with Crippen LogP contribution >= 0.6 is 0 Å². The molecule has 3 atom stereocenters. The Morgan fingerprint density at radius 2 is 2.21 bits per heavy atom. The van der Waals surface area contributed by atoms with Crippen molar-refractivity contribution in [1.82, 2.24) is 19.5 Å². The quantitative estimate of drug-likeness (QED) is 0.445. The molecule has 1 saturated heterocycles.